The van der Waals surface area contributed by atoms with Gasteiger partial charge in [0.25, 0.3) is 5.91 Å². The van der Waals surface area contributed by atoms with Gasteiger partial charge in [-0.15, -0.1) is 0 Å². The third kappa shape index (κ3) is 5.55. The number of carbonyl (C=O) groups excluding carboxylic acids is 1. The molecule has 0 bridgehead atoms. The van der Waals surface area contributed by atoms with Gasteiger partial charge in [-0.05, 0) is 43.4 Å². The van der Waals surface area contributed by atoms with E-state index >= 15 is 4.39 Å². The monoisotopic (exact) mass is 465 g/mol. The molecular formula is C23H26ClF2N3O3. The van der Waals surface area contributed by atoms with Crippen LogP contribution in [0.5, 0.6) is 5.75 Å². The van der Waals surface area contributed by atoms with Gasteiger partial charge in [0.1, 0.15) is 11.7 Å². The number of nitrogen functional groups attached to an aromatic ring is 1. The molecule has 3 rings (SSSR count). The van der Waals surface area contributed by atoms with Crippen LogP contribution in [0.3, 0.4) is 0 Å². The number of nitrogens with two attached hydrogens (primary N) is 1. The highest BCUT2D eigenvalue weighted by Crippen LogP contribution is 2.33. The van der Waals surface area contributed by atoms with Gasteiger partial charge >= 0.3 is 0 Å². The van der Waals surface area contributed by atoms with Crippen LogP contribution in [0.2, 0.25) is 0 Å². The predicted octanol–water partition coefficient (Wildman–Crippen LogP) is 4.69. The maximum atomic E-state index is 15.2. The van der Waals surface area contributed by atoms with Gasteiger partial charge in [0.05, 0.1) is 18.7 Å². The number of hydrogen-bond acceptors (Lipinski definition) is 4. The Bertz CT molecular complexity index is 968. The Hall–Kier alpha value is -2.71. The van der Waals surface area contributed by atoms with Crippen LogP contribution in [0.1, 0.15) is 49.0 Å². The van der Waals surface area contributed by atoms with Crippen molar-refractivity contribution in [2.75, 3.05) is 13.2 Å². The quantitative estimate of drug-likeness (QED) is 0.303. The molecule has 1 atom stereocenters. The van der Waals surface area contributed by atoms with E-state index in [0.717, 1.165) is 29.7 Å². The van der Waals surface area contributed by atoms with E-state index in [2.05, 4.69) is 0 Å². The van der Waals surface area contributed by atoms with E-state index in [4.69, 9.17) is 32.4 Å². The number of nitrogens with one attached hydrogen (secondary N) is 1. The lowest BCUT2D eigenvalue weighted by Gasteiger charge is -2.26. The third-order valence-electron chi connectivity index (χ3n) is 5.44. The molecule has 9 heteroatoms. The van der Waals surface area contributed by atoms with Gasteiger partial charge in [-0.25, -0.2) is 13.2 Å². The zero-order valence-electron chi connectivity index (χ0n) is 17.7. The van der Waals surface area contributed by atoms with Gasteiger partial charge < -0.3 is 15.2 Å². The summed E-state index contributed by atoms with van der Waals surface area (Å²) in [6.07, 6.45) is 1.59. The number of rotatable bonds is 10. The average Bonchev–Trinajstić information content (AvgIpc) is 2.73. The van der Waals surface area contributed by atoms with Crippen LogP contribution in [-0.4, -0.2) is 29.4 Å². The third-order valence-corrected chi connectivity index (χ3v) is 5.72. The van der Waals surface area contributed by atoms with Crippen molar-refractivity contribution in [3.63, 3.8) is 0 Å². The lowest BCUT2D eigenvalue weighted by Crippen LogP contribution is -2.30. The fourth-order valence-electron chi connectivity index (χ4n) is 3.37. The second kappa shape index (κ2) is 10.7. The van der Waals surface area contributed by atoms with Crippen LogP contribution in [-0.2, 0) is 16.1 Å². The molecule has 32 heavy (non-hydrogen) atoms. The number of amides is 1. The molecular weight excluding hydrogens is 440 g/mol. The summed E-state index contributed by atoms with van der Waals surface area (Å²) in [6, 6.07) is 8.84. The first-order valence-corrected chi connectivity index (χ1v) is 10.8. The van der Waals surface area contributed by atoms with Crippen LogP contribution in [0, 0.1) is 23.0 Å². The van der Waals surface area contributed by atoms with Crippen molar-refractivity contribution in [1.29, 1.82) is 5.41 Å². The first-order chi connectivity index (χ1) is 15.3. The Morgan fingerprint density at radius 1 is 1.25 bits per heavy atom. The smallest absolute Gasteiger partial charge is 0.271 e. The Morgan fingerprint density at radius 3 is 2.50 bits per heavy atom. The van der Waals surface area contributed by atoms with Gasteiger partial charge in [0, 0.05) is 23.9 Å². The van der Waals surface area contributed by atoms with E-state index in [1.54, 1.807) is 31.2 Å². The molecule has 0 aromatic heterocycles. The van der Waals surface area contributed by atoms with Crippen molar-refractivity contribution in [3.05, 3.63) is 64.7 Å². The molecule has 1 unspecified atom stereocenters. The molecule has 0 aliphatic heterocycles. The molecule has 2 aromatic carbocycles. The zero-order chi connectivity index (χ0) is 23.3. The van der Waals surface area contributed by atoms with Crippen LogP contribution >= 0.6 is 11.8 Å². The van der Waals surface area contributed by atoms with Crippen molar-refractivity contribution < 1.29 is 23.0 Å². The van der Waals surface area contributed by atoms with E-state index in [9.17, 15) is 9.18 Å². The van der Waals surface area contributed by atoms with E-state index in [1.807, 2.05) is 0 Å². The van der Waals surface area contributed by atoms with Gasteiger partial charge in [-0.3, -0.25) is 10.2 Å². The Labute approximate surface area is 190 Å². The van der Waals surface area contributed by atoms with Gasteiger partial charge in [0.2, 0.25) is 0 Å². The SMILES string of the molecule is CCOC(C(=O)N(Cl)Cc1ccc(C(=N)N)cc1)c1c(F)ccc(OCC2CCC2)c1F. The van der Waals surface area contributed by atoms with Gasteiger partial charge in [-0.1, -0.05) is 30.7 Å². The van der Waals surface area contributed by atoms with E-state index in [1.165, 1.54) is 6.07 Å². The minimum atomic E-state index is -1.57. The summed E-state index contributed by atoms with van der Waals surface area (Å²) in [5.41, 5.74) is 6.08. The Kier molecular flexibility index (Phi) is 8.04. The van der Waals surface area contributed by atoms with Gasteiger partial charge in [0.15, 0.2) is 17.7 Å². The van der Waals surface area contributed by atoms with Crippen molar-refractivity contribution >= 4 is 23.5 Å². The summed E-state index contributed by atoms with van der Waals surface area (Å²) >= 11 is 6.18. The molecule has 3 N–H and O–H groups in total. The maximum absolute atomic E-state index is 15.2. The molecule has 1 saturated carbocycles. The fraction of sp³-hybridized carbons (Fsp3) is 0.391. The van der Waals surface area contributed by atoms with Crippen molar-refractivity contribution in [2.45, 2.75) is 38.8 Å². The number of carbonyl (C=O) groups is 1. The first kappa shape index (κ1) is 23.9. The van der Waals surface area contributed by atoms with E-state index in [-0.39, 0.29) is 24.7 Å². The van der Waals surface area contributed by atoms with Crippen LogP contribution in [0.4, 0.5) is 8.78 Å². The number of amidine groups is 1. The highest BCUT2D eigenvalue weighted by Gasteiger charge is 2.33. The molecule has 1 aliphatic carbocycles. The number of ether oxygens (including phenoxy) is 2. The van der Waals surface area contributed by atoms with Crippen LogP contribution < -0.4 is 10.5 Å². The van der Waals surface area contributed by atoms with Crippen molar-refractivity contribution in [2.24, 2.45) is 11.7 Å². The van der Waals surface area contributed by atoms with Crippen molar-refractivity contribution in [1.82, 2.24) is 4.42 Å². The number of hydrogen-bond donors (Lipinski definition) is 2. The molecule has 1 fully saturated rings. The number of benzene rings is 2. The lowest BCUT2D eigenvalue weighted by atomic mass is 9.86. The highest BCUT2D eigenvalue weighted by atomic mass is 35.5. The molecule has 0 spiro atoms. The largest absolute Gasteiger partial charge is 0.490 e. The topological polar surface area (TPSA) is 88.6 Å². The van der Waals surface area contributed by atoms with Crippen LogP contribution in [0.25, 0.3) is 0 Å². The summed E-state index contributed by atoms with van der Waals surface area (Å²) in [5, 5.41) is 7.43. The summed E-state index contributed by atoms with van der Waals surface area (Å²) < 4.78 is 41.6. The summed E-state index contributed by atoms with van der Waals surface area (Å²) in [7, 11) is 0. The van der Waals surface area contributed by atoms with Gasteiger partial charge in [-0.2, -0.15) is 0 Å². The summed E-state index contributed by atoms with van der Waals surface area (Å²) in [4.78, 5) is 13.0. The molecule has 0 saturated heterocycles. The first-order valence-electron chi connectivity index (χ1n) is 10.4. The van der Waals surface area contributed by atoms with Crippen LogP contribution in [0.15, 0.2) is 36.4 Å². The normalized spacial score (nSPS) is 14.5. The Morgan fingerprint density at radius 2 is 1.94 bits per heavy atom. The molecule has 6 nitrogen and oxygen atoms in total. The van der Waals surface area contributed by atoms with E-state index < -0.39 is 29.2 Å². The number of halogens is 3. The molecule has 1 amide bonds. The predicted molar refractivity (Wildman–Crippen MR) is 117 cm³/mol. The fourth-order valence-corrected chi connectivity index (χ4v) is 3.59. The van der Waals surface area contributed by atoms with E-state index in [0.29, 0.717) is 23.7 Å². The maximum Gasteiger partial charge on any atom is 0.271 e. The molecule has 0 radical (unpaired) electrons. The molecule has 2 aromatic rings. The highest BCUT2D eigenvalue weighted by molar-refractivity contribution is 6.21. The minimum absolute atomic E-state index is 0.0384. The zero-order valence-corrected chi connectivity index (χ0v) is 18.5. The van der Waals surface area contributed by atoms with Crippen molar-refractivity contribution in [3.8, 4) is 5.75 Å². The lowest BCUT2D eigenvalue weighted by molar-refractivity contribution is -0.139. The molecule has 1 aliphatic rings. The standard InChI is InChI=1S/C23H26ClF2N3O3/c1-2-31-21(23(30)29(24)12-14-6-8-16(9-7-14)22(27)28)19-17(25)10-11-18(20(19)26)32-13-15-4-3-5-15/h6-11,15,21H,2-5,12-13H2,1H3,(H3,27,28). The molecule has 0 heterocycles. The molecule has 172 valence electrons. The number of nitrogens with zero attached hydrogens (tertiary/aromatic N) is 1. The minimum Gasteiger partial charge on any atom is -0.490 e. The summed E-state index contributed by atoms with van der Waals surface area (Å²) in [5.74, 6) is -2.53. The Balaban J connectivity index is 1.79. The average molecular weight is 466 g/mol. The second-order valence-corrected chi connectivity index (χ2v) is 8.09. The second-order valence-electron chi connectivity index (χ2n) is 7.69. The summed E-state index contributed by atoms with van der Waals surface area (Å²) in [6.45, 7) is 1.96.